The molecule has 1 aromatic carbocycles. The van der Waals surface area contributed by atoms with E-state index >= 15 is 0 Å². The van der Waals surface area contributed by atoms with Gasteiger partial charge in [-0.25, -0.2) is 9.98 Å². The molecule has 0 saturated carbocycles. The van der Waals surface area contributed by atoms with Crippen molar-refractivity contribution >= 4 is 39.7 Å². The van der Waals surface area contributed by atoms with Gasteiger partial charge in [0.05, 0.1) is 6.61 Å². The zero-order chi connectivity index (χ0) is 20.9. The molecule has 1 atom stereocenters. The Bertz CT molecular complexity index is 797. The highest BCUT2D eigenvalue weighted by molar-refractivity contribution is 9.10. The van der Waals surface area contributed by atoms with Gasteiger partial charge >= 0.3 is 0 Å². The molecular formula is C23H29BrN2O2S. The molecule has 0 spiro atoms. The van der Waals surface area contributed by atoms with Gasteiger partial charge < -0.3 is 9.47 Å². The monoisotopic (exact) mass is 476 g/mol. The van der Waals surface area contributed by atoms with Gasteiger partial charge in [-0.15, -0.1) is 11.8 Å². The summed E-state index contributed by atoms with van der Waals surface area (Å²) in [6.07, 6.45) is 9.29. The summed E-state index contributed by atoms with van der Waals surface area (Å²) in [5.74, 6) is 0.652. The maximum absolute atomic E-state index is 5.50. The number of benzene rings is 1. The molecule has 29 heavy (non-hydrogen) atoms. The topological polar surface area (TPSA) is 43.7 Å². The van der Waals surface area contributed by atoms with Crippen LogP contribution in [0.1, 0.15) is 31.0 Å². The van der Waals surface area contributed by atoms with Crippen LogP contribution >= 0.6 is 27.7 Å². The quantitative estimate of drug-likeness (QED) is 0.343. The molecule has 156 valence electrons. The molecule has 0 aliphatic carbocycles. The number of nitrogens with zero attached hydrogens (tertiary/aromatic N) is 2. The summed E-state index contributed by atoms with van der Waals surface area (Å²) in [5, 5.41) is 0. The third-order valence-electron chi connectivity index (χ3n) is 4.20. The fourth-order valence-electron chi connectivity index (χ4n) is 2.63. The van der Waals surface area contributed by atoms with Crippen LogP contribution in [0.5, 0.6) is 0 Å². The maximum atomic E-state index is 5.50. The Morgan fingerprint density at radius 2 is 2.00 bits per heavy atom. The number of methoxy groups -OCH3 is 1. The third kappa shape index (κ3) is 8.72. The van der Waals surface area contributed by atoms with Gasteiger partial charge in [-0.2, -0.15) is 0 Å². The third-order valence-corrected chi connectivity index (χ3v) is 5.58. The number of aliphatic imine (C=N–C) groups is 1. The molecule has 0 radical (unpaired) electrons. The Balaban J connectivity index is 0.000000313. The second-order valence-electron chi connectivity index (χ2n) is 6.52. The number of rotatable bonds is 8. The normalized spacial score (nSPS) is 15.6. The Labute approximate surface area is 187 Å². The lowest BCUT2D eigenvalue weighted by Crippen LogP contribution is -2.12. The van der Waals surface area contributed by atoms with Crippen molar-refractivity contribution in [3.05, 3.63) is 64.4 Å². The lowest BCUT2D eigenvalue weighted by atomic mass is 10.1. The lowest BCUT2D eigenvalue weighted by molar-refractivity contribution is 0.165. The number of pyridine rings is 1. The number of aromatic nitrogens is 1. The second kappa shape index (κ2) is 13.6. The van der Waals surface area contributed by atoms with Crippen LogP contribution in [0.25, 0.3) is 6.08 Å². The summed E-state index contributed by atoms with van der Waals surface area (Å²) < 4.78 is 11.4. The maximum Gasteiger partial charge on any atom is 0.209 e. The summed E-state index contributed by atoms with van der Waals surface area (Å²) in [7, 11) is 1.67. The van der Waals surface area contributed by atoms with Crippen molar-refractivity contribution in [3.63, 3.8) is 0 Å². The highest BCUT2D eigenvalue weighted by atomic mass is 79.9. The molecule has 1 aliphatic heterocycles. The van der Waals surface area contributed by atoms with Gasteiger partial charge in [-0.1, -0.05) is 37.6 Å². The van der Waals surface area contributed by atoms with Crippen LogP contribution in [0.4, 0.5) is 0 Å². The molecule has 1 unspecified atom stereocenters. The van der Waals surface area contributed by atoms with E-state index in [4.69, 9.17) is 9.47 Å². The van der Waals surface area contributed by atoms with Crippen LogP contribution in [-0.4, -0.2) is 43.5 Å². The average molecular weight is 477 g/mol. The zero-order valence-electron chi connectivity index (χ0n) is 17.3. The van der Waals surface area contributed by atoms with E-state index in [1.54, 1.807) is 18.9 Å². The minimum absolute atomic E-state index is 0.104. The lowest BCUT2D eigenvalue weighted by Gasteiger charge is -2.03. The molecule has 0 saturated heterocycles. The number of hydrogen-bond acceptors (Lipinski definition) is 5. The van der Waals surface area contributed by atoms with E-state index < -0.39 is 0 Å². The Morgan fingerprint density at radius 1 is 1.21 bits per heavy atom. The number of halogens is 1. The van der Waals surface area contributed by atoms with Crippen molar-refractivity contribution in [1.82, 2.24) is 4.98 Å². The minimum atomic E-state index is 0.104. The van der Waals surface area contributed by atoms with E-state index in [1.807, 2.05) is 30.4 Å². The van der Waals surface area contributed by atoms with E-state index in [9.17, 15) is 0 Å². The van der Waals surface area contributed by atoms with Gasteiger partial charge in [0, 0.05) is 29.3 Å². The largest absolute Gasteiger partial charge is 0.476 e. The number of unbranched alkanes of at least 4 members (excludes halogenated alkanes) is 1. The van der Waals surface area contributed by atoms with Gasteiger partial charge in [0.25, 0.3) is 0 Å². The van der Waals surface area contributed by atoms with E-state index in [2.05, 4.69) is 63.4 Å². The minimum Gasteiger partial charge on any atom is -0.476 e. The Hall–Kier alpha value is -1.63. The second-order valence-corrected chi connectivity index (χ2v) is 8.15. The van der Waals surface area contributed by atoms with Crippen LogP contribution in [-0.2, 0) is 15.9 Å². The SMILES string of the molecule is CCCCc1ccc(/C=C/C2=NC(COC)CO2)c(Br)n1.CSc1ccccc1. The molecule has 2 aromatic rings. The number of aryl methyl sites for hydroxylation is 1. The van der Waals surface area contributed by atoms with Gasteiger partial charge in [-0.3, -0.25) is 0 Å². The molecule has 1 aromatic heterocycles. The number of hydrogen-bond donors (Lipinski definition) is 0. The summed E-state index contributed by atoms with van der Waals surface area (Å²) in [4.78, 5) is 10.3. The summed E-state index contributed by atoms with van der Waals surface area (Å²) in [6, 6.07) is 14.6. The molecule has 6 heteroatoms. The first-order chi connectivity index (χ1) is 14.2. The molecule has 0 fully saturated rings. The van der Waals surface area contributed by atoms with Gasteiger partial charge in [-0.05, 0) is 59.3 Å². The number of thioether (sulfide) groups is 1. The van der Waals surface area contributed by atoms with Crippen molar-refractivity contribution < 1.29 is 9.47 Å². The highest BCUT2D eigenvalue weighted by Gasteiger charge is 2.16. The van der Waals surface area contributed by atoms with Crippen LogP contribution in [0.15, 0.2) is 63.0 Å². The first kappa shape index (κ1) is 23.6. The molecular weight excluding hydrogens is 448 g/mol. The fraction of sp³-hybridized carbons (Fsp3) is 0.391. The van der Waals surface area contributed by atoms with Crippen LogP contribution in [0.2, 0.25) is 0 Å². The standard InChI is InChI=1S/C16H21BrN2O2.C7H8S/c1-3-4-5-13-8-6-12(16(17)19-13)7-9-15-18-14(10-20-2)11-21-15;1-8-7-5-3-2-4-6-7/h6-9,14H,3-5,10-11H2,1-2H3;2-6H,1H3/b9-7+;. The first-order valence-corrected chi connectivity index (χ1v) is 11.8. The van der Waals surface area contributed by atoms with Gasteiger partial charge in [0.2, 0.25) is 5.90 Å². The zero-order valence-corrected chi connectivity index (χ0v) is 19.7. The molecule has 0 amide bonds. The molecule has 0 N–H and O–H groups in total. The van der Waals surface area contributed by atoms with E-state index in [1.165, 1.54) is 17.7 Å². The van der Waals surface area contributed by atoms with Crippen molar-refractivity contribution in [1.29, 1.82) is 0 Å². The van der Waals surface area contributed by atoms with Crippen molar-refractivity contribution in [2.75, 3.05) is 26.6 Å². The number of ether oxygens (including phenoxy) is 2. The molecule has 1 aliphatic rings. The molecule has 2 heterocycles. The van der Waals surface area contributed by atoms with E-state index in [-0.39, 0.29) is 6.04 Å². The van der Waals surface area contributed by atoms with E-state index in [0.717, 1.165) is 22.3 Å². The van der Waals surface area contributed by atoms with Crippen LogP contribution in [0.3, 0.4) is 0 Å². The highest BCUT2D eigenvalue weighted by Crippen LogP contribution is 2.18. The summed E-state index contributed by atoms with van der Waals surface area (Å²) >= 11 is 5.29. The summed E-state index contributed by atoms with van der Waals surface area (Å²) in [5.41, 5.74) is 2.15. The van der Waals surface area contributed by atoms with E-state index in [0.29, 0.717) is 19.1 Å². The van der Waals surface area contributed by atoms with Crippen LogP contribution in [0, 0.1) is 0 Å². The smallest absolute Gasteiger partial charge is 0.209 e. The Morgan fingerprint density at radius 3 is 2.62 bits per heavy atom. The fourth-order valence-corrected chi connectivity index (χ4v) is 3.55. The molecule has 3 rings (SSSR count). The van der Waals surface area contributed by atoms with Crippen LogP contribution < -0.4 is 0 Å². The van der Waals surface area contributed by atoms with Crippen molar-refractivity contribution in [2.45, 2.75) is 37.1 Å². The van der Waals surface area contributed by atoms with Gasteiger partial charge in [0.15, 0.2) is 0 Å². The predicted molar refractivity (Wildman–Crippen MR) is 127 cm³/mol. The molecule has 0 bridgehead atoms. The first-order valence-electron chi connectivity index (χ1n) is 9.78. The summed E-state index contributed by atoms with van der Waals surface area (Å²) in [6.45, 7) is 3.36. The Kier molecular flexibility index (Phi) is 11.1. The molecule has 4 nitrogen and oxygen atoms in total. The predicted octanol–water partition coefficient (Wildman–Crippen LogP) is 6.05. The average Bonchev–Trinajstić information content (AvgIpc) is 3.20. The van der Waals surface area contributed by atoms with Crippen molar-refractivity contribution in [3.8, 4) is 0 Å². The van der Waals surface area contributed by atoms with Crippen molar-refractivity contribution in [2.24, 2.45) is 4.99 Å². The van der Waals surface area contributed by atoms with Gasteiger partial charge in [0.1, 0.15) is 17.3 Å².